The second-order valence-corrected chi connectivity index (χ2v) is 5.68. The second kappa shape index (κ2) is 5.84. The van der Waals surface area contributed by atoms with Crippen LogP contribution in [0, 0.1) is 10.1 Å². The van der Waals surface area contributed by atoms with Crippen LogP contribution in [0.5, 0.6) is 0 Å². The largest absolute Gasteiger partial charge is 0.423 e. The number of hydrogen-bond acceptors (Lipinski definition) is 6. The zero-order valence-electron chi connectivity index (χ0n) is 13.0. The number of rotatable bonds is 3. The summed E-state index contributed by atoms with van der Waals surface area (Å²) < 4.78 is 5.80. The number of aromatic nitrogens is 1. The minimum atomic E-state index is -0.331. The number of anilines is 2. The molecule has 1 aromatic heterocycles. The van der Waals surface area contributed by atoms with E-state index in [4.69, 9.17) is 4.42 Å². The average Bonchev–Trinajstić information content (AvgIpc) is 3.06. The first-order chi connectivity index (χ1) is 11.7. The first kappa shape index (κ1) is 14.5. The van der Waals surface area contributed by atoms with E-state index in [1.54, 1.807) is 18.2 Å². The Balaban J connectivity index is 1.52. The molecule has 0 saturated carbocycles. The van der Waals surface area contributed by atoms with E-state index in [1.807, 2.05) is 35.2 Å². The van der Waals surface area contributed by atoms with Crippen molar-refractivity contribution in [3.63, 3.8) is 0 Å². The summed E-state index contributed by atoms with van der Waals surface area (Å²) in [4.78, 5) is 19.5. The summed E-state index contributed by atoms with van der Waals surface area (Å²) in [6.45, 7) is 2.78. The molecule has 0 atom stereocenters. The van der Waals surface area contributed by atoms with Crippen LogP contribution in [0.15, 0.2) is 52.9 Å². The molecule has 1 aliphatic heterocycles. The molecule has 24 heavy (non-hydrogen) atoms. The Morgan fingerprint density at radius 1 is 0.958 bits per heavy atom. The van der Waals surface area contributed by atoms with Crippen LogP contribution in [0.4, 0.5) is 17.4 Å². The van der Waals surface area contributed by atoms with Crippen molar-refractivity contribution in [3.05, 3.63) is 58.6 Å². The molecule has 0 aliphatic carbocycles. The maximum Gasteiger partial charge on any atom is 0.298 e. The fourth-order valence-electron chi connectivity index (χ4n) is 3.02. The summed E-state index contributed by atoms with van der Waals surface area (Å²) in [5.41, 5.74) is 2.43. The molecule has 0 spiro atoms. The van der Waals surface area contributed by atoms with Gasteiger partial charge in [-0.2, -0.15) is 4.98 Å². The smallest absolute Gasteiger partial charge is 0.298 e. The van der Waals surface area contributed by atoms with E-state index in [2.05, 4.69) is 9.88 Å². The van der Waals surface area contributed by atoms with Gasteiger partial charge in [-0.25, -0.2) is 0 Å². The third-order valence-corrected chi connectivity index (χ3v) is 4.25. The van der Waals surface area contributed by atoms with Crippen molar-refractivity contribution in [2.24, 2.45) is 0 Å². The van der Waals surface area contributed by atoms with Crippen molar-refractivity contribution in [1.29, 1.82) is 0 Å². The van der Waals surface area contributed by atoms with E-state index in [0.29, 0.717) is 37.9 Å². The normalized spacial score (nSPS) is 15.0. The zero-order chi connectivity index (χ0) is 16.5. The molecule has 1 saturated heterocycles. The third-order valence-electron chi connectivity index (χ3n) is 4.25. The molecule has 122 valence electrons. The predicted octanol–water partition coefficient (Wildman–Crippen LogP) is 3.06. The summed E-state index contributed by atoms with van der Waals surface area (Å²) in [6.07, 6.45) is 0. The number of nitro groups is 1. The lowest BCUT2D eigenvalue weighted by molar-refractivity contribution is -0.384. The fraction of sp³-hybridized carbons (Fsp3) is 0.235. The fourth-order valence-corrected chi connectivity index (χ4v) is 3.02. The zero-order valence-corrected chi connectivity index (χ0v) is 13.0. The molecule has 3 aromatic rings. The maximum absolute atomic E-state index is 11.2. The molecular weight excluding hydrogens is 308 g/mol. The number of nitrogens with zero attached hydrogens (tertiary/aromatic N) is 4. The van der Waals surface area contributed by atoms with Crippen LogP contribution in [0.25, 0.3) is 11.1 Å². The van der Waals surface area contributed by atoms with E-state index >= 15 is 0 Å². The highest BCUT2D eigenvalue weighted by Crippen LogP contribution is 2.29. The van der Waals surface area contributed by atoms with Crippen LogP contribution in [0.1, 0.15) is 0 Å². The van der Waals surface area contributed by atoms with E-state index < -0.39 is 0 Å². The number of oxazole rings is 1. The van der Waals surface area contributed by atoms with Crippen LogP contribution >= 0.6 is 0 Å². The van der Waals surface area contributed by atoms with Gasteiger partial charge >= 0.3 is 0 Å². The number of para-hydroxylation sites is 4. The number of hydrogen-bond donors (Lipinski definition) is 0. The van der Waals surface area contributed by atoms with Gasteiger partial charge in [0.1, 0.15) is 11.2 Å². The molecule has 7 heteroatoms. The minimum Gasteiger partial charge on any atom is -0.423 e. The quantitative estimate of drug-likeness (QED) is 0.544. The van der Waals surface area contributed by atoms with E-state index in [-0.39, 0.29) is 10.6 Å². The molecule has 2 heterocycles. The van der Waals surface area contributed by atoms with E-state index in [0.717, 1.165) is 11.1 Å². The van der Waals surface area contributed by atoms with Crippen molar-refractivity contribution < 1.29 is 9.34 Å². The molecule has 0 N–H and O–H groups in total. The second-order valence-electron chi connectivity index (χ2n) is 5.68. The lowest BCUT2D eigenvalue weighted by Crippen LogP contribution is -2.46. The third kappa shape index (κ3) is 2.54. The van der Waals surface area contributed by atoms with Gasteiger partial charge in [-0.3, -0.25) is 10.1 Å². The van der Waals surface area contributed by atoms with Crippen molar-refractivity contribution in [1.82, 2.24) is 4.98 Å². The molecule has 1 fully saturated rings. The SMILES string of the molecule is O=[N+]([O-])c1ccccc1N1CCN(c2nc3ccccc3o2)CC1. The van der Waals surface area contributed by atoms with Gasteiger partial charge in [0.25, 0.3) is 11.7 Å². The first-order valence-electron chi connectivity index (χ1n) is 7.81. The van der Waals surface area contributed by atoms with Crippen LogP contribution in [0.3, 0.4) is 0 Å². The molecule has 4 rings (SSSR count). The highest BCUT2D eigenvalue weighted by atomic mass is 16.6. The highest BCUT2D eigenvalue weighted by molar-refractivity contribution is 5.74. The molecule has 2 aromatic carbocycles. The van der Waals surface area contributed by atoms with Gasteiger partial charge in [-0.05, 0) is 18.2 Å². The van der Waals surface area contributed by atoms with Crippen molar-refractivity contribution in [2.75, 3.05) is 36.0 Å². The van der Waals surface area contributed by atoms with Gasteiger partial charge in [0.2, 0.25) is 0 Å². The Morgan fingerprint density at radius 3 is 2.38 bits per heavy atom. The Labute approximate surface area is 138 Å². The van der Waals surface area contributed by atoms with Crippen LogP contribution < -0.4 is 9.80 Å². The van der Waals surface area contributed by atoms with Crippen LogP contribution in [-0.4, -0.2) is 36.1 Å². The molecular formula is C17H16N4O3. The lowest BCUT2D eigenvalue weighted by Gasteiger charge is -2.34. The molecule has 0 bridgehead atoms. The molecule has 0 amide bonds. The molecule has 0 radical (unpaired) electrons. The summed E-state index contributed by atoms with van der Waals surface area (Å²) in [5, 5.41) is 11.2. The predicted molar refractivity (Wildman–Crippen MR) is 91.5 cm³/mol. The topological polar surface area (TPSA) is 75.7 Å². The molecule has 1 aliphatic rings. The average molecular weight is 324 g/mol. The highest BCUT2D eigenvalue weighted by Gasteiger charge is 2.25. The lowest BCUT2D eigenvalue weighted by atomic mass is 10.2. The van der Waals surface area contributed by atoms with E-state index in [1.165, 1.54) is 0 Å². The standard InChI is InChI=1S/C17H16N4O3/c22-21(23)15-7-3-2-6-14(15)19-9-11-20(12-10-19)17-18-13-5-1-4-8-16(13)24-17/h1-8H,9-12H2. The number of nitro benzene ring substituents is 1. The Bertz CT molecular complexity index is 851. The number of fused-ring (bicyclic) bond motifs is 1. The van der Waals surface area contributed by atoms with Gasteiger partial charge in [-0.1, -0.05) is 24.3 Å². The van der Waals surface area contributed by atoms with E-state index in [9.17, 15) is 10.1 Å². The first-order valence-corrected chi connectivity index (χ1v) is 7.81. The molecule has 7 nitrogen and oxygen atoms in total. The van der Waals surface area contributed by atoms with Crippen molar-refractivity contribution >= 4 is 28.5 Å². The van der Waals surface area contributed by atoms with Gasteiger partial charge in [0, 0.05) is 32.2 Å². The summed E-state index contributed by atoms with van der Waals surface area (Å²) in [7, 11) is 0. The Hall–Kier alpha value is -3.09. The Kier molecular flexibility index (Phi) is 3.53. The van der Waals surface area contributed by atoms with Gasteiger partial charge in [-0.15, -0.1) is 0 Å². The summed E-state index contributed by atoms with van der Waals surface area (Å²) in [6, 6.07) is 15.1. The number of benzene rings is 2. The van der Waals surface area contributed by atoms with Crippen LogP contribution in [0.2, 0.25) is 0 Å². The molecule has 0 unspecified atom stereocenters. The van der Waals surface area contributed by atoms with Gasteiger partial charge < -0.3 is 14.2 Å². The van der Waals surface area contributed by atoms with Crippen molar-refractivity contribution in [3.8, 4) is 0 Å². The maximum atomic E-state index is 11.2. The van der Waals surface area contributed by atoms with Gasteiger partial charge in [0.05, 0.1) is 4.92 Å². The minimum absolute atomic E-state index is 0.146. The summed E-state index contributed by atoms with van der Waals surface area (Å²) in [5.74, 6) is 0. The van der Waals surface area contributed by atoms with Gasteiger partial charge in [0.15, 0.2) is 5.58 Å². The monoisotopic (exact) mass is 324 g/mol. The van der Waals surface area contributed by atoms with Crippen LogP contribution in [-0.2, 0) is 0 Å². The summed E-state index contributed by atoms with van der Waals surface area (Å²) >= 11 is 0. The van der Waals surface area contributed by atoms with Crippen molar-refractivity contribution in [2.45, 2.75) is 0 Å². The number of piperazine rings is 1. The Morgan fingerprint density at radius 2 is 1.62 bits per heavy atom.